The highest BCUT2D eigenvalue weighted by Crippen LogP contribution is 2.27. The number of carbonyl (C=O) groups is 1. The van der Waals surface area contributed by atoms with E-state index in [1.807, 2.05) is 30.3 Å². The van der Waals surface area contributed by atoms with E-state index in [0.717, 1.165) is 5.75 Å². The van der Waals surface area contributed by atoms with Crippen molar-refractivity contribution in [2.24, 2.45) is 0 Å². The summed E-state index contributed by atoms with van der Waals surface area (Å²) in [6, 6.07) is 15.6. The number of para-hydroxylation sites is 1. The SMILES string of the molecule is COCc1cc(F)ccc1N1CCn2nc(COc3ccccc3)cc2C1=O. The molecular formula is C21H20FN3O3. The molecule has 0 saturated heterocycles. The minimum atomic E-state index is -0.356. The fourth-order valence-electron chi connectivity index (χ4n) is 3.31. The summed E-state index contributed by atoms with van der Waals surface area (Å²) in [6.45, 7) is 1.51. The van der Waals surface area contributed by atoms with Crippen molar-refractivity contribution >= 4 is 11.6 Å². The average molecular weight is 381 g/mol. The highest BCUT2D eigenvalue weighted by molar-refractivity contribution is 6.06. The quantitative estimate of drug-likeness (QED) is 0.657. The Morgan fingerprint density at radius 3 is 2.68 bits per heavy atom. The summed E-state index contributed by atoms with van der Waals surface area (Å²) in [5, 5.41) is 4.48. The molecule has 0 bridgehead atoms. The molecule has 2 aromatic carbocycles. The third-order valence-electron chi connectivity index (χ3n) is 4.59. The number of ether oxygens (including phenoxy) is 2. The zero-order valence-electron chi connectivity index (χ0n) is 15.5. The lowest BCUT2D eigenvalue weighted by atomic mass is 10.1. The van der Waals surface area contributed by atoms with E-state index in [4.69, 9.17) is 9.47 Å². The molecular weight excluding hydrogens is 361 g/mol. The highest BCUT2D eigenvalue weighted by Gasteiger charge is 2.29. The Bertz CT molecular complexity index is 988. The maximum absolute atomic E-state index is 13.6. The smallest absolute Gasteiger partial charge is 0.276 e. The van der Waals surface area contributed by atoms with Crippen molar-refractivity contribution in [1.29, 1.82) is 0 Å². The Labute approximate surface area is 162 Å². The Kier molecular flexibility index (Phi) is 5.08. The van der Waals surface area contributed by atoms with Crippen LogP contribution in [0.25, 0.3) is 0 Å². The van der Waals surface area contributed by atoms with Gasteiger partial charge in [-0.25, -0.2) is 4.39 Å². The van der Waals surface area contributed by atoms with Crippen molar-refractivity contribution < 1.29 is 18.7 Å². The summed E-state index contributed by atoms with van der Waals surface area (Å²) in [4.78, 5) is 14.7. The Morgan fingerprint density at radius 1 is 1.07 bits per heavy atom. The van der Waals surface area contributed by atoms with Gasteiger partial charge in [0, 0.05) is 24.9 Å². The summed E-state index contributed by atoms with van der Waals surface area (Å²) < 4.78 is 26.2. The second-order valence-electron chi connectivity index (χ2n) is 6.51. The summed E-state index contributed by atoms with van der Waals surface area (Å²) in [7, 11) is 1.54. The number of benzene rings is 2. The first-order chi connectivity index (χ1) is 13.7. The lowest BCUT2D eigenvalue weighted by Crippen LogP contribution is -2.41. The van der Waals surface area contributed by atoms with Crippen LogP contribution in [0, 0.1) is 5.82 Å². The van der Waals surface area contributed by atoms with E-state index in [1.54, 1.807) is 28.8 Å². The van der Waals surface area contributed by atoms with Crippen LogP contribution in [0.1, 0.15) is 21.7 Å². The molecule has 0 aliphatic carbocycles. The fraction of sp³-hybridized carbons (Fsp3) is 0.238. The number of methoxy groups -OCH3 is 1. The van der Waals surface area contributed by atoms with E-state index >= 15 is 0 Å². The molecule has 0 radical (unpaired) electrons. The van der Waals surface area contributed by atoms with Gasteiger partial charge in [0.1, 0.15) is 29.6 Å². The molecule has 0 atom stereocenters. The number of amides is 1. The normalized spacial score (nSPS) is 13.5. The molecule has 7 heteroatoms. The molecule has 0 unspecified atom stereocenters. The summed E-state index contributed by atoms with van der Waals surface area (Å²) in [6.07, 6.45) is 0. The highest BCUT2D eigenvalue weighted by atomic mass is 19.1. The van der Waals surface area contributed by atoms with Crippen molar-refractivity contribution in [3.63, 3.8) is 0 Å². The van der Waals surface area contributed by atoms with Crippen LogP contribution >= 0.6 is 0 Å². The van der Waals surface area contributed by atoms with Crippen LogP contribution in [0.4, 0.5) is 10.1 Å². The maximum Gasteiger partial charge on any atom is 0.276 e. The summed E-state index contributed by atoms with van der Waals surface area (Å²) >= 11 is 0. The molecule has 144 valence electrons. The predicted molar refractivity (Wildman–Crippen MR) is 102 cm³/mol. The van der Waals surface area contributed by atoms with E-state index < -0.39 is 0 Å². The molecule has 3 aromatic rings. The van der Waals surface area contributed by atoms with Gasteiger partial charge in [-0.3, -0.25) is 9.48 Å². The van der Waals surface area contributed by atoms with Crippen molar-refractivity contribution in [1.82, 2.24) is 9.78 Å². The number of fused-ring (bicyclic) bond motifs is 1. The Hall–Kier alpha value is -3.19. The van der Waals surface area contributed by atoms with Crippen molar-refractivity contribution in [2.75, 3.05) is 18.6 Å². The number of hydrogen-bond acceptors (Lipinski definition) is 4. The number of carbonyl (C=O) groups excluding carboxylic acids is 1. The van der Waals surface area contributed by atoms with Gasteiger partial charge >= 0.3 is 0 Å². The lowest BCUT2D eigenvalue weighted by molar-refractivity contribution is 0.0961. The van der Waals surface area contributed by atoms with E-state index in [2.05, 4.69) is 5.10 Å². The molecule has 2 heterocycles. The zero-order valence-corrected chi connectivity index (χ0v) is 15.5. The third-order valence-corrected chi connectivity index (χ3v) is 4.59. The molecule has 1 aliphatic rings. The third kappa shape index (κ3) is 3.61. The molecule has 4 rings (SSSR count). The second kappa shape index (κ2) is 7.82. The molecule has 0 fully saturated rings. The first kappa shape index (κ1) is 18.2. The first-order valence-electron chi connectivity index (χ1n) is 8.99. The van der Waals surface area contributed by atoms with Crippen molar-refractivity contribution in [3.8, 4) is 5.75 Å². The Morgan fingerprint density at radius 2 is 1.89 bits per heavy atom. The molecule has 1 aliphatic heterocycles. The summed E-state index contributed by atoms with van der Waals surface area (Å²) in [5.41, 5.74) is 2.47. The average Bonchev–Trinajstić information content (AvgIpc) is 3.13. The standard InChI is InChI=1S/C21H20FN3O3/c1-27-13-15-11-16(22)7-8-19(15)24-9-10-25-20(21(24)26)12-17(23-25)14-28-18-5-3-2-4-6-18/h2-8,11-12H,9-10,13-14H2,1H3. The van der Waals surface area contributed by atoms with Crippen LogP contribution in [0.15, 0.2) is 54.6 Å². The van der Waals surface area contributed by atoms with Crippen LogP contribution in [0.5, 0.6) is 5.75 Å². The zero-order chi connectivity index (χ0) is 19.5. The van der Waals surface area contributed by atoms with Gasteiger partial charge in [0.2, 0.25) is 0 Å². The van der Waals surface area contributed by atoms with Gasteiger partial charge in [0.05, 0.1) is 13.2 Å². The number of anilines is 1. The van der Waals surface area contributed by atoms with Crippen LogP contribution in [-0.4, -0.2) is 29.3 Å². The number of nitrogens with zero attached hydrogens (tertiary/aromatic N) is 3. The lowest BCUT2D eigenvalue weighted by Gasteiger charge is -2.29. The molecule has 0 N–H and O–H groups in total. The van der Waals surface area contributed by atoms with Crippen LogP contribution in [0.2, 0.25) is 0 Å². The number of halogens is 1. The van der Waals surface area contributed by atoms with Gasteiger partial charge in [0.25, 0.3) is 5.91 Å². The van der Waals surface area contributed by atoms with E-state index in [1.165, 1.54) is 12.1 Å². The summed E-state index contributed by atoms with van der Waals surface area (Å²) in [5.74, 6) is 0.219. The van der Waals surface area contributed by atoms with Gasteiger partial charge in [0.15, 0.2) is 0 Å². The molecule has 28 heavy (non-hydrogen) atoms. The number of hydrogen-bond donors (Lipinski definition) is 0. The van der Waals surface area contributed by atoms with Gasteiger partial charge in [-0.15, -0.1) is 0 Å². The molecule has 1 amide bonds. The number of rotatable bonds is 6. The van der Waals surface area contributed by atoms with E-state index in [0.29, 0.717) is 35.7 Å². The van der Waals surface area contributed by atoms with Gasteiger partial charge in [-0.2, -0.15) is 5.10 Å². The molecule has 6 nitrogen and oxygen atoms in total. The minimum Gasteiger partial charge on any atom is -0.487 e. The van der Waals surface area contributed by atoms with Crippen molar-refractivity contribution in [3.05, 3.63) is 77.4 Å². The van der Waals surface area contributed by atoms with Crippen LogP contribution in [0.3, 0.4) is 0 Å². The van der Waals surface area contributed by atoms with E-state index in [9.17, 15) is 9.18 Å². The Balaban J connectivity index is 1.55. The predicted octanol–water partition coefficient (Wildman–Crippen LogP) is 3.41. The van der Waals surface area contributed by atoms with Gasteiger partial charge < -0.3 is 14.4 Å². The minimum absolute atomic E-state index is 0.173. The molecule has 0 saturated carbocycles. The van der Waals surface area contributed by atoms with Crippen LogP contribution in [-0.2, 0) is 24.5 Å². The maximum atomic E-state index is 13.6. The molecule has 1 aromatic heterocycles. The fourth-order valence-corrected chi connectivity index (χ4v) is 3.31. The number of aromatic nitrogens is 2. The topological polar surface area (TPSA) is 56.6 Å². The molecule has 0 spiro atoms. The van der Waals surface area contributed by atoms with E-state index in [-0.39, 0.29) is 24.9 Å². The van der Waals surface area contributed by atoms with Gasteiger partial charge in [-0.1, -0.05) is 18.2 Å². The first-order valence-corrected chi connectivity index (χ1v) is 8.99. The largest absolute Gasteiger partial charge is 0.487 e. The second-order valence-corrected chi connectivity index (χ2v) is 6.51. The van der Waals surface area contributed by atoms with Crippen molar-refractivity contribution in [2.45, 2.75) is 19.8 Å². The monoisotopic (exact) mass is 381 g/mol. The van der Waals surface area contributed by atoms with Crippen LogP contribution < -0.4 is 9.64 Å². The van der Waals surface area contributed by atoms with Gasteiger partial charge in [-0.05, 0) is 36.4 Å².